The molecule has 4 nitrogen and oxygen atoms in total. The zero-order chi connectivity index (χ0) is 16.2. The van der Waals surface area contributed by atoms with Crippen molar-refractivity contribution < 1.29 is 9.53 Å². The first-order valence-corrected chi connectivity index (χ1v) is 8.03. The SMILES string of the molecule is COc1ccccc1C(=O)N(c1ccccc1)c1nc(C)cs1. The molecule has 0 N–H and O–H groups in total. The van der Waals surface area contributed by atoms with Crippen molar-refractivity contribution in [2.75, 3.05) is 12.0 Å². The molecule has 0 bridgehead atoms. The zero-order valence-electron chi connectivity index (χ0n) is 12.9. The van der Waals surface area contributed by atoms with Crippen molar-refractivity contribution in [1.29, 1.82) is 0 Å². The van der Waals surface area contributed by atoms with E-state index >= 15 is 0 Å². The first kappa shape index (κ1) is 15.2. The normalized spacial score (nSPS) is 10.3. The minimum absolute atomic E-state index is 0.164. The lowest BCUT2D eigenvalue weighted by molar-refractivity contribution is 0.0996. The molecule has 2 aromatic carbocycles. The van der Waals surface area contributed by atoms with E-state index in [1.54, 1.807) is 24.1 Å². The van der Waals surface area contributed by atoms with E-state index in [2.05, 4.69) is 4.98 Å². The van der Waals surface area contributed by atoms with Crippen LogP contribution in [0.4, 0.5) is 10.8 Å². The van der Waals surface area contributed by atoms with Gasteiger partial charge in [-0.15, -0.1) is 11.3 Å². The molecule has 1 amide bonds. The number of methoxy groups -OCH3 is 1. The number of benzene rings is 2. The number of anilines is 2. The van der Waals surface area contributed by atoms with Crippen LogP contribution in [0.5, 0.6) is 5.75 Å². The standard InChI is InChI=1S/C18H16N2O2S/c1-13-12-23-18(19-13)20(14-8-4-3-5-9-14)17(21)15-10-6-7-11-16(15)22-2/h3-12H,1-2H3. The highest BCUT2D eigenvalue weighted by molar-refractivity contribution is 7.14. The molecule has 3 rings (SSSR count). The number of thiazole rings is 1. The highest BCUT2D eigenvalue weighted by Crippen LogP contribution is 2.32. The Hall–Kier alpha value is -2.66. The van der Waals surface area contributed by atoms with Crippen molar-refractivity contribution in [2.45, 2.75) is 6.92 Å². The first-order chi connectivity index (χ1) is 11.2. The van der Waals surface area contributed by atoms with E-state index in [-0.39, 0.29) is 5.91 Å². The lowest BCUT2D eigenvalue weighted by Gasteiger charge is -2.21. The number of rotatable bonds is 4. The zero-order valence-corrected chi connectivity index (χ0v) is 13.7. The maximum atomic E-state index is 13.1. The van der Waals surface area contributed by atoms with Gasteiger partial charge >= 0.3 is 0 Å². The van der Waals surface area contributed by atoms with Gasteiger partial charge in [-0.1, -0.05) is 30.3 Å². The molecule has 0 aliphatic heterocycles. The molecule has 0 radical (unpaired) electrons. The van der Waals surface area contributed by atoms with Gasteiger partial charge in [0, 0.05) is 5.38 Å². The van der Waals surface area contributed by atoms with Gasteiger partial charge in [0.2, 0.25) is 0 Å². The summed E-state index contributed by atoms with van der Waals surface area (Å²) in [5.41, 5.74) is 2.17. The van der Waals surface area contributed by atoms with Gasteiger partial charge in [-0.3, -0.25) is 9.69 Å². The molecule has 116 valence electrons. The molecule has 0 saturated heterocycles. The number of aromatic nitrogens is 1. The third-order valence-electron chi connectivity index (χ3n) is 3.35. The summed E-state index contributed by atoms with van der Waals surface area (Å²) in [5.74, 6) is 0.384. The van der Waals surface area contributed by atoms with Crippen LogP contribution in [0.2, 0.25) is 0 Å². The van der Waals surface area contributed by atoms with Crippen LogP contribution in [-0.4, -0.2) is 18.0 Å². The van der Waals surface area contributed by atoms with Crippen LogP contribution < -0.4 is 9.64 Å². The number of hydrogen-bond acceptors (Lipinski definition) is 4. The summed E-state index contributed by atoms with van der Waals surface area (Å²) < 4.78 is 5.33. The molecule has 1 aromatic heterocycles. The number of hydrogen-bond donors (Lipinski definition) is 0. The Bertz CT molecular complexity index is 815. The summed E-state index contributed by atoms with van der Waals surface area (Å²) in [4.78, 5) is 19.2. The van der Waals surface area contributed by atoms with Crippen LogP contribution in [0, 0.1) is 6.92 Å². The van der Waals surface area contributed by atoms with Crippen LogP contribution in [0.1, 0.15) is 16.1 Å². The molecular weight excluding hydrogens is 308 g/mol. The molecule has 0 aliphatic carbocycles. The van der Waals surface area contributed by atoms with E-state index in [0.717, 1.165) is 11.4 Å². The molecule has 0 saturated carbocycles. The van der Waals surface area contributed by atoms with Crippen LogP contribution in [0.3, 0.4) is 0 Å². The molecule has 0 spiro atoms. The second-order valence-electron chi connectivity index (χ2n) is 4.95. The predicted octanol–water partition coefficient (Wildman–Crippen LogP) is 4.44. The molecule has 0 atom stereocenters. The molecule has 0 unspecified atom stereocenters. The third-order valence-corrected chi connectivity index (χ3v) is 4.30. The topological polar surface area (TPSA) is 42.4 Å². The fourth-order valence-corrected chi connectivity index (χ4v) is 3.10. The van der Waals surface area contributed by atoms with Crippen molar-refractivity contribution in [1.82, 2.24) is 4.98 Å². The highest BCUT2D eigenvalue weighted by Gasteiger charge is 2.24. The number of ether oxygens (including phenoxy) is 1. The minimum Gasteiger partial charge on any atom is -0.496 e. The highest BCUT2D eigenvalue weighted by atomic mass is 32.1. The molecule has 3 aromatic rings. The van der Waals surface area contributed by atoms with E-state index in [4.69, 9.17) is 4.74 Å². The van der Waals surface area contributed by atoms with Gasteiger partial charge in [-0.25, -0.2) is 4.98 Å². The number of amides is 1. The Kier molecular flexibility index (Phi) is 4.39. The van der Waals surface area contributed by atoms with Gasteiger partial charge in [0.25, 0.3) is 5.91 Å². The summed E-state index contributed by atoms with van der Waals surface area (Å²) in [6.07, 6.45) is 0. The van der Waals surface area contributed by atoms with E-state index in [1.807, 2.05) is 54.8 Å². The van der Waals surface area contributed by atoms with Gasteiger partial charge in [-0.05, 0) is 31.2 Å². The molecule has 1 heterocycles. The number of nitrogens with zero attached hydrogens (tertiary/aromatic N) is 2. The fraction of sp³-hybridized carbons (Fsp3) is 0.111. The fourth-order valence-electron chi connectivity index (χ4n) is 2.28. The summed E-state index contributed by atoms with van der Waals surface area (Å²) >= 11 is 1.44. The van der Waals surface area contributed by atoms with Crippen molar-refractivity contribution in [3.63, 3.8) is 0 Å². The van der Waals surface area contributed by atoms with Crippen molar-refractivity contribution in [2.24, 2.45) is 0 Å². The van der Waals surface area contributed by atoms with Crippen LogP contribution in [-0.2, 0) is 0 Å². The third kappa shape index (κ3) is 3.10. The summed E-state index contributed by atoms with van der Waals surface area (Å²) in [6.45, 7) is 1.91. The monoisotopic (exact) mass is 324 g/mol. The van der Waals surface area contributed by atoms with E-state index in [1.165, 1.54) is 11.3 Å². The van der Waals surface area contributed by atoms with Crippen LogP contribution >= 0.6 is 11.3 Å². The Labute approximate surface area is 139 Å². The number of aryl methyl sites for hydroxylation is 1. The maximum absolute atomic E-state index is 13.1. The minimum atomic E-state index is -0.164. The molecular formula is C18H16N2O2S. The van der Waals surface area contributed by atoms with E-state index < -0.39 is 0 Å². The molecule has 0 fully saturated rings. The van der Waals surface area contributed by atoms with Gasteiger partial charge in [0.05, 0.1) is 24.1 Å². The average molecular weight is 324 g/mol. The smallest absolute Gasteiger partial charge is 0.268 e. The van der Waals surface area contributed by atoms with Crippen molar-refractivity contribution >= 4 is 28.1 Å². The Morgan fingerprint density at radius 2 is 1.78 bits per heavy atom. The van der Waals surface area contributed by atoms with Crippen molar-refractivity contribution in [3.05, 3.63) is 71.2 Å². The average Bonchev–Trinajstić information content (AvgIpc) is 3.02. The predicted molar refractivity (Wildman–Crippen MR) is 92.8 cm³/mol. The molecule has 0 aliphatic rings. The second-order valence-corrected chi connectivity index (χ2v) is 5.78. The van der Waals surface area contributed by atoms with Gasteiger partial charge in [0.15, 0.2) is 5.13 Å². The van der Waals surface area contributed by atoms with Gasteiger partial charge < -0.3 is 4.74 Å². The Morgan fingerprint density at radius 1 is 1.09 bits per heavy atom. The van der Waals surface area contributed by atoms with Gasteiger partial charge in [-0.2, -0.15) is 0 Å². The number of para-hydroxylation sites is 2. The summed E-state index contributed by atoms with van der Waals surface area (Å²) in [5, 5.41) is 2.57. The maximum Gasteiger partial charge on any atom is 0.268 e. The largest absolute Gasteiger partial charge is 0.496 e. The van der Waals surface area contributed by atoms with E-state index in [9.17, 15) is 4.79 Å². The Morgan fingerprint density at radius 3 is 2.43 bits per heavy atom. The summed E-state index contributed by atoms with van der Waals surface area (Å²) in [7, 11) is 1.56. The quantitative estimate of drug-likeness (QED) is 0.712. The molecule has 5 heteroatoms. The van der Waals surface area contributed by atoms with Crippen LogP contribution in [0.15, 0.2) is 60.0 Å². The second kappa shape index (κ2) is 6.62. The first-order valence-electron chi connectivity index (χ1n) is 7.15. The number of carbonyl (C=O) groups is 1. The van der Waals surface area contributed by atoms with Gasteiger partial charge in [0.1, 0.15) is 5.75 Å². The lowest BCUT2D eigenvalue weighted by Crippen LogP contribution is -2.26. The number of carbonyl (C=O) groups excluding carboxylic acids is 1. The van der Waals surface area contributed by atoms with Crippen LogP contribution in [0.25, 0.3) is 0 Å². The Balaban J connectivity index is 2.10. The summed E-state index contributed by atoms with van der Waals surface area (Å²) in [6, 6.07) is 16.7. The molecule has 23 heavy (non-hydrogen) atoms. The van der Waals surface area contributed by atoms with E-state index in [0.29, 0.717) is 16.4 Å². The lowest BCUT2D eigenvalue weighted by atomic mass is 10.1. The van der Waals surface area contributed by atoms with Crippen molar-refractivity contribution in [3.8, 4) is 5.75 Å².